The zero-order chi connectivity index (χ0) is 19.0. The maximum Gasteiger partial charge on any atom is 0.242 e. The van der Waals surface area contributed by atoms with Gasteiger partial charge >= 0.3 is 0 Å². The first-order valence-corrected chi connectivity index (χ1v) is 8.80. The van der Waals surface area contributed by atoms with Gasteiger partial charge in [0.05, 0.1) is 24.7 Å². The summed E-state index contributed by atoms with van der Waals surface area (Å²) in [4.78, 5) is 28.5. The van der Waals surface area contributed by atoms with Crippen LogP contribution in [0.2, 0.25) is 0 Å². The van der Waals surface area contributed by atoms with E-state index >= 15 is 0 Å². The van der Waals surface area contributed by atoms with Crippen LogP contribution < -0.4 is 5.32 Å². The predicted molar refractivity (Wildman–Crippen MR) is 97.8 cm³/mol. The van der Waals surface area contributed by atoms with Gasteiger partial charge in [0.2, 0.25) is 11.8 Å². The Morgan fingerprint density at radius 3 is 2.00 bits per heavy atom. The highest BCUT2D eigenvalue weighted by Crippen LogP contribution is 2.19. The molecule has 6 nitrogen and oxygen atoms in total. The molecule has 0 heterocycles. The van der Waals surface area contributed by atoms with Crippen molar-refractivity contribution in [3.8, 4) is 0 Å². The van der Waals surface area contributed by atoms with Crippen molar-refractivity contribution in [2.45, 2.75) is 59.2 Å². The second-order valence-electron chi connectivity index (χ2n) is 7.19. The first-order valence-electron chi connectivity index (χ1n) is 8.80. The monoisotopic (exact) mass is 343 g/mol. The van der Waals surface area contributed by atoms with Gasteiger partial charge in [-0.25, -0.2) is 0 Å². The topological polar surface area (TPSA) is 61.9 Å². The number of rotatable bonds is 10. The zero-order valence-electron chi connectivity index (χ0n) is 16.9. The summed E-state index contributed by atoms with van der Waals surface area (Å²) in [7, 11) is 7.19. The fourth-order valence-electron chi connectivity index (χ4n) is 3.23. The third-order valence-electron chi connectivity index (χ3n) is 4.79. The molecule has 24 heavy (non-hydrogen) atoms. The second-order valence-corrected chi connectivity index (χ2v) is 7.19. The summed E-state index contributed by atoms with van der Waals surface area (Å²) in [5.74, 6) is 0.277. The van der Waals surface area contributed by atoms with E-state index in [1.54, 1.807) is 19.1 Å². The molecular weight excluding hydrogens is 306 g/mol. The number of nitrogens with zero attached hydrogens (tertiary/aromatic N) is 2. The average Bonchev–Trinajstić information content (AvgIpc) is 2.51. The number of hydrogen-bond donors (Lipinski definition) is 1. The Hall–Kier alpha value is -1.14. The number of carbonyl (C=O) groups excluding carboxylic acids is 2. The molecule has 0 aromatic heterocycles. The van der Waals surface area contributed by atoms with Gasteiger partial charge in [0.1, 0.15) is 0 Å². The Labute approximate surface area is 147 Å². The van der Waals surface area contributed by atoms with Crippen LogP contribution in [0.4, 0.5) is 0 Å². The van der Waals surface area contributed by atoms with Crippen molar-refractivity contribution in [3.05, 3.63) is 0 Å². The highest BCUT2D eigenvalue weighted by Gasteiger charge is 2.30. The van der Waals surface area contributed by atoms with E-state index in [4.69, 9.17) is 4.74 Å². The molecule has 0 fully saturated rings. The summed E-state index contributed by atoms with van der Waals surface area (Å²) in [6, 6.07) is -0.259. The minimum Gasteiger partial charge on any atom is -0.380 e. The van der Waals surface area contributed by atoms with Crippen LogP contribution in [0.15, 0.2) is 0 Å². The highest BCUT2D eigenvalue weighted by atomic mass is 16.5. The van der Waals surface area contributed by atoms with Crippen LogP contribution in [-0.2, 0) is 14.3 Å². The molecule has 0 aliphatic carbocycles. The van der Waals surface area contributed by atoms with E-state index in [1.807, 2.05) is 39.8 Å². The average molecular weight is 344 g/mol. The molecule has 0 aliphatic heterocycles. The molecule has 2 amide bonds. The number of carbonyl (C=O) groups is 2. The van der Waals surface area contributed by atoms with Crippen LogP contribution in [0.25, 0.3) is 0 Å². The Bertz CT molecular complexity index is 381. The van der Waals surface area contributed by atoms with Crippen LogP contribution in [0.1, 0.15) is 41.0 Å². The Morgan fingerprint density at radius 1 is 1.08 bits per heavy atom. The van der Waals surface area contributed by atoms with E-state index in [-0.39, 0.29) is 42.5 Å². The van der Waals surface area contributed by atoms with Gasteiger partial charge in [0.25, 0.3) is 0 Å². The van der Waals surface area contributed by atoms with Crippen molar-refractivity contribution in [2.75, 3.05) is 34.8 Å². The van der Waals surface area contributed by atoms with Gasteiger partial charge in [0.15, 0.2) is 0 Å². The normalized spacial score (nSPS) is 16.6. The van der Waals surface area contributed by atoms with Gasteiger partial charge in [0, 0.05) is 14.2 Å². The smallest absolute Gasteiger partial charge is 0.242 e. The molecule has 0 saturated heterocycles. The van der Waals surface area contributed by atoms with E-state index < -0.39 is 0 Å². The van der Waals surface area contributed by atoms with Gasteiger partial charge in [-0.15, -0.1) is 0 Å². The number of likely N-dealkylation sites (N-methyl/N-ethyl adjacent to an activating group) is 2. The van der Waals surface area contributed by atoms with E-state index in [9.17, 15) is 9.59 Å². The van der Waals surface area contributed by atoms with Crippen molar-refractivity contribution in [1.82, 2.24) is 15.1 Å². The van der Waals surface area contributed by atoms with Crippen LogP contribution >= 0.6 is 0 Å². The summed E-state index contributed by atoms with van der Waals surface area (Å²) in [5.41, 5.74) is 0. The molecule has 0 aromatic carbocycles. The van der Waals surface area contributed by atoms with E-state index in [0.29, 0.717) is 5.92 Å². The number of hydrogen-bond acceptors (Lipinski definition) is 4. The SMILES string of the molecule is CCC(C)C(C(C)OC)N(C)C(=O)CNC(=O)C(C(C)C)N(C)C. The highest BCUT2D eigenvalue weighted by molar-refractivity contribution is 5.87. The van der Waals surface area contributed by atoms with Crippen LogP contribution in [0.5, 0.6) is 0 Å². The number of amides is 2. The maximum absolute atomic E-state index is 12.5. The van der Waals surface area contributed by atoms with Crippen molar-refractivity contribution < 1.29 is 14.3 Å². The summed E-state index contributed by atoms with van der Waals surface area (Å²) in [5, 5.41) is 2.78. The first kappa shape index (κ1) is 22.9. The number of ether oxygens (including phenoxy) is 1. The first-order chi connectivity index (χ1) is 11.1. The molecule has 0 saturated carbocycles. The molecule has 1 N–H and O–H groups in total. The fraction of sp³-hybridized carbons (Fsp3) is 0.889. The number of methoxy groups -OCH3 is 1. The van der Waals surface area contributed by atoms with Crippen LogP contribution in [0.3, 0.4) is 0 Å². The molecule has 0 spiro atoms. The van der Waals surface area contributed by atoms with E-state index in [2.05, 4.69) is 19.2 Å². The summed E-state index contributed by atoms with van der Waals surface area (Å²) in [6.07, 6.45) is 0.896. The van der Waals surface area contributed by atoms with Crippen LogP contribution in [-0.4, -0.2) is 74.6 Å². The second kappa shape index (κ2) is 10.7. The molecule has 4 unspecified atom stereocenters. The Balaban J connectivity index is 4.87. The lowest BCUT2D eigenvalue weighted by Crippen LogP contribution is -2.53. The Kier molecular flexibility index (Phi) is 10.2. The lowest BCUT2D eigenvalue weighted by molar-refractivity contribution is -0.138. The van der Waals surface area contributed by atoms with Gasteiger partial charge in [-0.2, -0.15) is 0 Å². The van der Waals surface area contributed by atoms with Crippen molar-refractivity contribution in [2.24, 2.45) is 11.8 Å². The van der Waals surface area contributed by atoms with E-state index in [1.165, 1.54) is 0 Å². The minimum atomic E-state index is -0.244. The molecule has 0 aromatic rings. The van der Waals surface area contributed by atoms with Gasteiger partial charge < -0.3 is 15.0 Å². The summed E-state index contributed by atoms with van der Waals surface area (Å²) < 4.78 is 5.45. The molecular formula is C18H37N3O3. The van der Waals surface area contributed by atoms with Gasteiger partial charge in [-0.1, -0.05) is 34.1 Å². The fourth-order valence-corrected chi connectivity index (χ4v) is 3.23. The van der Waals surface area contributed by atoms with Crippen molar-refractivity contribution in [3.63, 3.8) is 0 Å². The summed E-state index contributed by atoms with van der Waals surface area (Å²) >= 11 is 0. The zero-order valence-corrected chi connectivity index (χ0v) is 16.9. The quantitative estimate of drug-likeness (QED) is 0.654. The molecule has 142 valence electrons. The molecule has 6 heteroatoms. The molecule has 0 bridgehead atoms. The number of nitrogens with one attached hydrogen (secondary N) is 1. The molecule has 4 atom stereocenters. The standard InChI is InChI=1S/C18H37N3O3/c1-10-13(4)17(14(5)24-9)21(8)15(22)11-19-18(23)16(12(2)3)20(6)7/h12-14,16-17H,10-11H2,1-9H3,(H,19,23). The largest absolute Gasteiger partial charge is 0.380 e. The Morgan fingerprint density at radius 2 is 1.62 bits per heavy atom. The molecule has 0 aliphatic rings. The third kappa shape index (κ3) is 6.40. The van der Waals surface area contributed by atoms with Crippen molar-refractivity contribution in [1.29, 1.82) is 0 Å². The molecule has 0 rings (SSSR count). The van der Waals surface area contributed by atoms with Crippen LogP contribution in [0, 0.1) is 11.8 Å². The van der Waals surface area contributed by atoms with Crippen molar-refractivity contribution >= 4 is 11.8 Å². The van der Waals surface area contributed by atoms with Gasteiger partial charge in [-0.3, -0.25) is 14.5 Å². The predicted octanol–water partition coefficient (Wildman–Crippen LogP) is 1.60. The summed E-state index contributed by atoms with van der Waals surface area (Å²) in [6.45, 7) is 10.2. The third-order valence-corrected chi connectivity index (χ3v) is 4.79. The molecule has 0 radical (unpaired) electrons. The lowest BCUT2D eigenvalue weighted by atomic mass is 9.93. The lowest BCUT2D eigenvalue weighted by Gasteiger charge is -2.36. The maximum atomic E-state index is 12.5. The van der Waals surface area contributed by atoms with Gasteiger partial charge in [-0.05, 0) is 32.9 Å². The minimum absolute atomic E-state index is 0.00968. The van der Waals surface area contributed by atoms with E-state index in [0.717, 1.165) is 6.42 Å².